The molecule has 0 aliphatic heterocycles. The van der Waals surface area contributed by atoms with Crippen molar-refractivity contribution in [3.63, 3.8) is 0 Å². The Labute approximate surface area is 278 Å². The van der Waals surface area contributed by atoms with Crippen molar-refractivity contribution in [2.24, 2.45) is 11.7 Å². The van der Waals surface area contributed by atoms with E-state index >= 15 is 0 Å². The fourth-order valence-corrected chi connectivity index (χ4v) is 5.09. The number of amides is 4. The molecule has 0 unspecified atom stereocenters. The van der Waals surface area contributed by atoms with Crippen molar-refractivity contribution >= 4 is 46.5 Å². The van der Waals surface area contributed by atoms with Crippen molar-refractivity contribution in [1.82, 2.24) is 26.3 Å². The second-order valence-electron chi connectivity index (χ2n) is 11.9. The quantitative estimate of drug-likeness (QED) is 0.0976. The van der Waals surface area contributed by atoms with E-state index in [4.69, 9.17) is 10.8 Å². The zero-order valence-corrected chi connectivity index (χ0v) is 27.2. The number of aromatic amines is 1. The summed E-state index contributed by atoms with van der Waals surface area (Å²) >= 11 is 0. The smallest absolute Gasteiger partial charge is 0.326 e. The van der Waals surface area contributed by atoms with Crippen molar-refractivity contribution in [3.8, 4) is 0 Å². The average Bonchev–Trinajstić information content (AvgIpc) is 3.47. The van der Waals surface area contributed by atoms with E-state index in [1.165, 1.54) is 6.92 Å². The van der Waals surface area contributed by atoms with Crippen molar-refractivity contribution < 1.29 is 39.0 Å². The Morgan fingerprint density at radius 3 is 2.06 bits per heavy atom. The van der Waals surface area contributed by atoms with E-state index in [9.17, 15) is 33.9 Å². The molecule has 0 fully saturated rings. The SMILES string of the molecule is CC[C@H](C)[C@H](NC(=O)[C@H](Cc1ccccc1)NC(=O)[C@@H](N)CCC(=O)O)C(=O)N[C@@H](C)C(=O)N[C@@H](Cc1c[nH]c2ccccc12)C(=O)O. The number of carbonyl (C=O) groups excluding carboxylic acids is 4. The van der Waals surface area contributed by atoms with Gasteiger partial charge in [0.15, 0.2) is 0 Å². The predicted molar refractivity (Wildman–Crippen MR) is 177 cm³/mol. The topological polar surface area (TPSA) is 233 Å². The number of nitrogens with two attached hydrogens (primary N) is 1. The summed E-state index contributed by atoms with van der Waals surface area (Å²) < 4.78 is 0. The number of hydrogen-bond donors (Lipinski definition) is 8. The van der Waals surface area contributed by atoms with E-state index in [1.54, 1.807) is 43.5 Å². The summed E-state index contributed by atoms with van der Waals surface area (Å²) in [5.74, 6) is -5.56. The molecule has 4 amide bonds. The van der Waals surface area contributed by atoms with Crippen molar-refractivity contribution in [2.45, 2.75) is 83.1 Å². The third kappa shape index (κ3) is 10.7. The largest absolute Gasteiger partial charge is 0.481 e. The second kappa shape index (κ2) is 17.6. The van der Waals surface area contributed by atoms with Gasteiger partial charge in [0.1, 0.15) is 24.2 Å². The van der Waals surface area contributed by atoms with Gasteiger partial charge in [0.05, 0.1) is 6.04 Å². The van der Waals surface area contributed by atoms with Crippen LogP contribution < -0.4 is 27.0 Å². The molecule has 9 N–H and O–H groups in total. The van der Waals surface area contributed by atoms with Gasteiger partial charge in [-0.1, -0.05) is 68.8 Å². The van der Waals surface area contributed by atoms with Crippen LogP contribution in [0.2, 0.25) is 0 Å². The molecule has 3 aromatic rings. The molecule has 0 spiro atoms. The van der Waals surface area contributed by atoms with Crippen LogP contribution in [0, 0.1) is 5.92 Å². The monoisotopic (exact) mass is 664 g/mol. The number of fused-ring (bicyclic) bond motifs is 1. The third-order valence-electron chi connectivity index (χ3n) is 8.18. The highest BCUT2D eigenvalue weighted by Crippen LogP contribution is 2.19. The maximum atomic E-state index is 13.6. The minimum atomic E-state index is -1.27. The number of H-pyrrole nitrogens is 1. The van der Waals surface area contributed by atoms with Crippen LogP contribution >= 0.6 is 0 Å². The summed E-state index contributed by atoms with van der Waals surface area (Å²) in [7, 11) is 0. The number of para-hydroxylation sites is 1. The third-order valence-corrected chi connectivity index (χ3v) is 8.18. The molecule has 3 rings (SSSR count). The highest BCUT2D eigenvalue weighted by atomic mass is 16.4. The van der Waals surface area contributed by atoms with Crippen LogP contribution in [0.5, 0.6) is 0 Å². The highest BCUT2D eigenvalue weighted by Gasteiger charge is 2.33. The lowest BCUT2D eigenvalue weighted by Gasteiger charge is -2.28. The van der Waals surface area contributed by atoms with Crippen molar-refractivity contribution in [1.29, 1.82) is 0 Å². The minimum absolute atomic E-state index is 0.00575. The van der Waals surface area contributed by atoms with Gasteiger partial charge in [-0.15, -0.1) is 0 Å². The summed E-state index contributed by atoms with van der Waals surface area (Å²) in [6.07, 6.45) is 1.76. The first-order chi connectivity index (χ1) is 22.8. The first-order valence-electron chi connectivity index (χ1n) is 15.8. The van der Waals surface area contributed by atoms with Crippen LogP contribution in [-0.4, -0.2) is 81.0 Å². The van der Waals surface area contributed by atoms with Crippen LogP contribution in [-0.2, 0) is 41.6 Å². The summed E-state index contributed by atoms with van der Waals surface area (Å²) in [5, 5.41) is 30.0. The minimum Gasteiger partial charge on any atom is -0.481 e. The van der Waals surface area contributed by atoms with Crippen LogP contribution in [0.3, 0.4) is 0 Å². The number of carbonyl (C=O) groups is 6. The summed E-state index contributed by atoms with van der Waals surface area (Å²) in [4.78, 5) is 79.1. The number of aliphatic carboxylic acids is 2. The molecule has 0 bridgehead atoms. The fourth-order valence-electron chi connectivity index (χ4n) is 5.09. The molecule has 0 saturated heterocycles. The van der Waals surface area contributed by atoms with E-state index in [0.717, 1.165) is 10.9 Å². The molecule has 1 heterocycles. The maximum absolute atomic E-state index is 13.6. The molecule has 258 valence electrons. The lowest BCUT2D eigenvalue weighted by Crippen LogP contribution is -2.59. The zero-order chi connectivity index (χ0) is 35.4. The van der Waals surface area contributed by atoms with Gasteiger partial charge < -0.3 is 42.2 Å². The van der Waals surface area contributed by atoms with Crippen LogP contribution in [0.1, 0.15) is 51.2 Å². The lowest BCUT2D eigenvalue weighted by atomic mass is 9.96. The molecular formula is C34H44N6O8. The lowest BCUT2D eigenvalue weighted by molar-refractivity contribution is -0.142. The van der Waals surface area contributed by atoms with Crippen molar-refractivity contribution in [2.75, 3.05) is 0 Å². The number of hydrogen-bond acceptors (Lipinski definition) is 7. The number of carboxylic acid groups (broad SMARTS) is 2. The van der Waals surface area contributed by atoms with Gasteiger partial charge in [-0.25, -0.2) is 4.79 Å². The average molecular weight is 665 g/mol. The first kappa shape index (κ1) is 37.2. The highest BCUT2D eigenvalue weighted by molar-refractivity contribution is 5.95. The number of nitrogens with one attached hydrogen (secondary N) is 5. The van der Waals surface area contributed by atoms with E-state index in [0.29, 0.717) is 17.5 Å². The summed E-state index contributed by atoms with van der Waals surface area (Å²) in [6.45, 7) is 4.97. The normalized spacial score (nSPS) is 14.8. The molecular weight excluding hydrogens is 620 g/mol. The van der Waals surface area contributed by atoms with Gasteiger partial charge in [-0.05, 0) is 36.5 Å². The van der Waals surface area contributed by atoms with Crippen LogP contribution in [0.15, 0.2) is 60.8 Å². The second-order valence-corrected chi connectivity index (χ2v) is 11.9. The molecule has 1 aromatic heterocycles. The Bertz CT molecular complexity index is 1590. The van der Waals surface area contributed by atoms with E-state index in [2.05, 4.69) is 26.3 Å². The molecule has 0 aliphatic carbocycles. The maximum Gasteiger partial charge on any atom is 0.326 e. The summed E-state index contributed by atoms with van der Waals surface area (Å²) in [6, 6.07) is 10.3. The molecule has 6 atom stereocenters. The standard InChI is InChI=1S/C34H44N6O8/c1-4-19(2)29(40-32(45)26(16-21-10-6-5-7-11-21)38-31(44)24(35)14-15-28(41)42)33(46)37-20(3)30(43)39-27(34(47)48)17-22-18-36-25-13-9-8-12-23(22)25/h5-13,18-20,24,26-27,29,36H,4,14-17,35H2,1-3H3,(H,37,46)(H,38,44)(H,39,43)(H,40,45)(H,41,42)(H,47,48)/t19-,20-,24-,26-,27-,29-/m0/s1. The Morgan fingerprint density at radius 1 is 0.771 bits per heavy atom. The zero-order valence-electron chi connectivity index (χ0n) is 27.2. The molecule has 14 nitrogen and oxygen atoms in total. The first-order valence-corrected chi connectivity index (χ1v) is 15.8. The number of rotatable bonds is 18. The summed E-state index contributed by atoms with van der Waals surface area (Å²) in [5.41, 5.74) is 8.12. The van der Waals surface area contributed by atoms with Gasteiger partial charge in [-0.2, -0.15) is 0 Å². The van der Waals surface area contributed by atoms with Crippen LogP contribution in [0.4, 0.5) is 0 Å². The number of carboxylic acids is 2. The number of benzene rings is 2. The Morgan fingerprint density at radius 2 is 1.42 bits per heavy atom. The van der Waals surface area contributed by atoms with Gasteiger partial charge in [-0.3, -0.25) is 24.0 Å². The molecule has 0 aliphatic rings. The Hall–Kier alpha value is -5.24. The van der Waals surface area contributed by atoms with Crippen molar-refractivity contribution in [3.05, 3.63) is 71.9 Å². The molecule has 0 radical (unpaired) electrons. The molecule has 0 saturated carbocycles. The Balaban J connectivity index is 1.70. The molecule has 48 heavy (non-hydrogen) atoms. The van der Waals surface area contributed by atoms with Gasteiger partial charge in [0, 0.05) is 36.4 Å². The Kier molecular flexibility index (Phi) is 13.7. The molecule has 14 heteroatoms. The van der Waals surface area contributed by atoms with Gasteiger partial charge >= 0.3 is 11.9 Å². The van der Waals surface area contributed by atoms with E-state index in [1.807, 2.05) is 31.2 Å². The van der Waals surface area contributed by atoms with E-state index in [-0.39, 0.29) is 25.7 Å². The predicted octanol–water partition coefficient (Wildman–Crippen LogP) is 1.24. The van der Waals surface area contributed by atoms with E-state index < -0.39 is 71.7 Å². The number of aromatic nitrogens is 1. The molecule has 2 aromatic carbocycles. The van der Waals surface area contributed by atoms with Gasteiger partial charge in [0.25, 0.3) is 0 Å². The van der Waals surface area contributed by atoms with Crippen LogP contribution in [0.25, 0.3) is 10.9 Å². The fraction of sp³-hybridized carbons (Fsp3) is 0.412. The van der Waals surface area contributed by atoms with Gasteiger partial charge in [0.2, 0.25) is 23.6 Å².